The Labute approximate surface area is 110 Å². The summed E-state index contributed by atoms with van der Waals surface area (Å²) < 4.78 is 5.61. The van der Waals surface area contributed by atoms with Crippen LogP contribution in [0.1, 0.15) is 37.9 Å². The second-order valence-corrected chi connectivity index (χ2v) is 4.75. The van der Waals surface area contributed by atoms with Crippen LogP contribution >= 0.6 is 11.6 Å². The van der Waals surface area contributed by atoms with Crippen LogP contribution in [0.5, 0.6) is 0 Å². The molecule has 1 aromatic carbocycles. The number of rotatable bonds is 5. The van der Waals surface area contributed by atoms with Crippen molar-refractivity contribution in [3.8, 4) is 0 Å². The molecule has 18 heavy (non-hydrogen) atoms. The molecule has 0 amide bonds. The Morgan fingerprint density at radius 3 is 2.89 bits per heavy atom. The van der Waals surface area contributed by atoms with E-state index in [0.29, 0.717) is 22.8 Å². The van der Waals surface area contributed by atoms with Crippen molar-refractivity contribution in [1.29, 1.82) is 0 Å². The van der Waals surface area contributed by atoms with Gasteiger partial charge in [-0.25, -0.2) is 0 Å². The number of aliphatic carboxylic acids is 1. The zero-order chi connectivity index (χ0) is 13.1. The fourth-order valence-corrected chi connectivity index (χ4v) is 2.24. The lowest BCUT2D eigenvalue weighted by Gasteiger charge is -2.07. The van der Waals surface area contributed by atoms with Gasteiger partial charge in [-0.05, 0) is 18.6 Å². The number of carboxylic acids is 1. The molecule has 0 aliphatic heterocycles. The Morgan fingerprint density at radius 2 is 2.28 bits per heavy atom. The molecule has 3 nitrogen and oxygen atoms in total. The van der Waals surface area contributed by atoms with Crippen LogP contribution in [0, 0.1) is 0 Å². The van der Waals surface area contributed by atoms with Crippen LogP contribution in [0.2, 0.25) is 5.02 Å². The van der Waals surface area contributed by atoms with Crippen molar-refractivity contribution < 1.29 is 14.3 Å². The molecular weight excluding hydrogens is 252 g/mol. The van der Waals surface area contributed by atoms with E-state index in [0.717, 1.165) is 18.2 Å². The summed E-state index contributed by atoms with van der Waals surface area (Å²) in [6.45, 7) is 2.04. The van der Waals surface area contributed by atoms with Gasteiger partial charge in [0.05, 0.1) is 5.02 Å². The van der Waals surface area contributed by atoms with Gasteiger partial charge in [-0.15, -0.1) is 0 Å². The highest BCUT2D eigenvalue weighted by Crippen LogP contribution is 2.32. The first-order valence-corrected chi connectivity index (χ1v) is 6.42. The first-order chi connectivity index (χ1) is 8.63. The van der Waals surface area contributed by atoms with Crippen molar-refractivity contribution in [2.24, 2.45) is 0 Å². The smallest absolute Gasteiger partial charge is 0.314 e. The van der Waals surface area contributed by atoms with E-state index in [2.05, 4.69) is 0 Å². The Hall–Kier alpha value is -1.48. The molecule has 0 saturated heterocycles. The molecule has 1 atom stereocenters. The Morgan fingerprint density at radius 1 is 1.50 bits per heavy atom. The van der Waals surface area contributed by atoms with E-state index < -0.39 is 11.9 Å². The molecule has 0 radical (unpaired) electrons. The van der Waals surface area contributed by atoms with Crippen molar-refractivity contribution in [3.63, 3.8) is 0 Å². The van der Waals surface area contributed by atoms with Gasteiger partial charge in [-0.2, -0.15) is 0 Å². The molecule has 2 aromatic rings. The third kappa shape index (κ3) is 2.51. The van der Waals surface area contributed by atoms with E-state index in [4.69, 9.17) is 16.0 Å². The monoisotopic (exact) mass is 266 g/mol. The normalized spacial score (nSPS) is 12.8. The molecule has 1 heterocycles. The van der Waals surface area contributed by atoms with Gasteiger partial charge in [0.25, 0.3) is 0 Å². The molecule has 2 rings (SSSR count). The second-order valence-electron chi connectivity index (χ2n) is 4.34. The molecule has 0 spiro atoms. The van der Waals surface area contributed by atoms with Crippen molar-refractivity contribution in [1.82, 2.24) is 0 Å². The maximum Gasteiger partial charge on any atom is 0.314 e. The summed E-state index contributed by atoms with van der Waals surface area (Å²) in [4.78, 5) is 11.3. The topological polar surface area (TPSA) is 50.4 Å². The molecular formula is C14H15ClO3. The fourth-order valence-electron chi connectivity index (χ4n) is 2.01. The van der Waals surface area contributed by atoms with E-state index in [1.807, 2.05) is 19.1 Å². The quantitative estimate of drug-likeness (QED) is 0.870. The minimum atomic E-state index is -0.848. The van der Waals surface area contributed by atoms with Gasteiger partial charge in [-0.3, -0.25) is 4.79 Å². The standard InChI is InChI=1S/C14H15ClO3/c1-2-3-6-10(14(16)17)12-8-9-5-4-7-11(15)13(9)18-12/h4-5,7-8,10H,2-3,6H2,1H3,(H,16,17). The highest BCUT2D eigenvalue weighted by atomic mass is 35.5. The summed E-state index contributed by atoms with van der Waals surface area (Å²) in [5.74, 6) is -0.953. The number of unbranched alkanes of at least 4 members (excludes halogenated alkanes) is 1. The van der Waals surface area contributed by atoms with Crippen LogP contribution in [0.25, 0.3) is 11.0 Å². The molecule has 0 bridgehead atoms. The molecule has 96 valence electrons. The van der Waals surface area contributed by atoms with Gasteiger partial charge < -0.3 is 9.52 Å². The number of fused-ring (bicyclic) bond motifs is 1. The van der Waals surface area contributed by atoms with Gasteiger partial charge in [0, 0.05) is 5.39 Å². The largest absolute Gasteiger partial charge is 0.481 e. The predicted octanol–water partition coefficient (Wildman–Crippen LogP) is 4.44. The van der Waals surface area contributed by atoms with Crippen molar-refractivity contribution in [2.45, 2.75) is 32.1 Å². The van der Waals surface area contributed by atoms with Gasteiger partial charge in [0.2, 0.25) is 0 Å². The van der Waals surface area contributed by atoms with E-state index in [9.17, 15) is 9.90 Å². The van der Waals surface area contributed by atoms with Gasteiger partial charge >= 0.3 is 5.97 Å². The maximum absolute atomic E-state index is 11.3. The third-order valence-electron chi connectivity index (χ3n) is 3.00. The van der Waals surface area contributed by atoms with E-state index >= 15 is 0 Å². The summed E-state index contributed by atoms with van der Waals surface area (Å²) in [5, 5.41) is 10.6. The Bertz CT molecular complexity index is 559. The zero-order valence-corrected chi connectivity index (χ0v) is 10.9. The number of carboxylic acid groups (broad SMARTS) is 1. The van der Waals surface area contributed by atoms with Crippen LogP contribution in [-0.4, -0.2) is 11.1 Å². The molecule has 0 saturated carbocycles. The molecule has 0 aliphatic carbocycles. The first-order valence-electron chi connectivity index (χ1n) is 6.04. The molecule has 0 fully saturated rings. The molecule has 0 aliphatic rings. The molecule has 1 N–H and O–H groups in total. The summed E-state index contributed by atoms with van der Waals surface area (Å²) in [6, 6.07) is 7.20. The van der Waals surface area contributed by atoms with E-state index in [-0.39, 0.29) is 0 Å². The number of carbonyl (C=O) groups is 1. The zero-order valence-electron chi connectivity index (χ0n) is 10.1. The van der Waals surface area contributed by atoms with Crippen molar-refractivity contribution in [3.05, 3.63) is 35.0 Å². The third-order valence-corrected chi connectivity index (χ3v) is 3.30. The van der Waals surface area contributed by atoms with E-state index in [1.54, 1.807) is 12.1 Å². The molecule has 1 unspecified atom stereocenters. The number of benzene rings is 1. The van der Waals surface area contributed by atoms with Crippen molar-refractivity contribution in [2.75, 3.05) is 0 Å². The van der Waals surface area contributed by atoms with E-state index in [1.165, 1.54) is 0 Å². The number of hydrogen-bond acceptors (Lipinski definition) is 2. The minimum absolute atomic E-state index is 0.485. The lowest BCUT2D eigenvalue weighted by Crippen LogP contribution is -2.10. The lowest BCUT2D eigenvalue weighted by molar-refractivity contribution is -0.139. The minimum Gasteiger partial charge on any atom is -0.481 e. The highest BCUT2D eigenvalue weighted by Gasteiger charge is 2.23. The van der Waals surface area contributed by atoms with Gasteiger partial charge in [0.15, 0.2) is 5.58 Å². The Balaban J connectivity index is 2.38. The number of halogens is 1. The lowest BCUT2D eigenvalue weighted by atomic mass is 9.99. The predicted molar refractivity (Wildman–Crippen MR) is 71.1 cm³/mol. The van der Waals surface area contributed by atoms with Gasteiger partial charge in [-0.1, -0.05) is 43.5 Å². The van der Waals surface area contributed by atoms with Crippen LogP contribution < -0.4 is 0 Å². The van der Waals surface area contributed by atoms with Crippen LogP contribution in [0.15, 0.2) is 28.7 Å². The Kier molecular flexibility index (Phi) is 3.92. The number of para-hydroxylation sites is 1. The summed E-state index contributed by atoms with van der Waals surface area (Å²) >= 11 is 6.02. The summed E-state index contributed by atoms with van der Waals surface area (Å²) in [5.41, 5.74) is 0.567. The first kappa shape index (κ1) is 13.0. The average Bonchev–Trinajstić information content (AvgIpc) is 2.74. The SMILES string of the molecule is CCCCC(C(=O)O)c1cc2cccc(Cl)c2o1. The maximum atomic E-state index is 11.3. The van der Waals surface area contributed by atoms with Gasteiger partial charge in [0.1, 0.15) is 11.7 Å². The average molecular weight is 267 g/mol. The molecule has 1 aromatic heterocycles. The van der Waals surface area contributed by atoms with Crippen LogP contribution in [-0.2, 0) is 4.79 Å². The molecule has 4 heteroatoms. The van der Waals surface area contributed by atoms with Crippen LogP contribution in [0.4, 0.5) is 0 Å². The number of hydrogen-bond donors (Lipinski definition) is 1. The fraction of sp³-hybridized carbons (Fsp3) is 0.357. The second kappa shape index (κ2) is 5.44. The highest BCUT2D eigenvalue weighted by molar-refractivity contribution is 6.34. The van der Waals surface area contributed by atoms with Crippen molar-refractivity contribution >= 4 is 28.5 Å². The summed E-state index contributed by atoms with van der Waals surface area (Å²) in [6.07, 6.45) is 2.41. The summed E-state index contributed by atoms with van der Waals surface area (Å²) in [7, 11) is 0. The number of furan rings is 1. The van der Waals surface area contributed by atoms with Crippen LogP contribution in [0.3, 0.4) is 0 Å².